The van der Waals surface area contributed by atoms with Crippen LogP contribution in [0.2, 0.25) is 0 Å². The van der Waals surface area contributed by atoms with Gasteiger partial charge in [0.05, 0.1) is 18.1 Å². The molecule has 0 radical (unpaired) electrons. The van der Waals surface area contributed by atoms with E-state index in [1.54, 1.807) is 34.7 Å². The number of carbonyl (C=O) groups is 1. The molecule has 0 atom stereocenters. The molecule has 8 rings (SSSR count). The average Bonchev–Trinajstić information content (AvgIpc) is 4.38. The fourth-order valence-electron chi connectivity index (χ4n) is 10.7. The third-order valence-electron chi connectivity index (χ3n) is 14.6. The summed E-state index contributed by atoms with van der Waals surface area (Å²) in [5, 5.41) is 13.5. The van der Waals surface area contributed by atoms with Crippen molar-refractivity contribution < 1.29 is 18.1 Å². The van der Waals surface area contributed by atoms with Gasteiger partial charge in [-0.25, -0.2) is 0 Å². The normalized spacial score (nSPS) is 12.1. The van der Waals surface area contributed by atoms with Crippen molar-refractivity contribution in [3.8, 4) is 45.8 Å². The maximum atomic E-state index is 14.8. The van der Waals surface area contributed by atoms with Gasteiger partial charge in [-0.15, -0.1) is 45.3 Å². The third-order valence-corrected chi connectivity index (χ3v) is 22.8. The largest absolute Gasteiger partial charge is 0.521 e. The van der Waals surface area contributed by atoms with Crippen molar-refractivity contribution >= 4 is 93.6 Å². The Kier molecular flexibility index (Phi) is 21.9. The zero-order valence-corrected chi connectivity index (χ0v) is 51.7. The number of hydrogen-bond acceptors (Lipinski definition) is 10. The highest BCUT2D eigenvalue weighted by atomic mass is 32.1. The summed E-state index contributed by atoms with van der Waals surface area (Å²) in [7, 11) is -3.39. The van der Waals surface area contributed by atoms with Crippen LogP contribution in [0.5, 0.6) is 0 Å². The minimum Gasteiger partial charge on any atom is -0.373 e. The summed E-state index contributed by atoms with van der Waals surface area (Å²) in [5.41, 5.74) is 9.88. The van der Waals surface area contributed by atoms with Crippen LogP contribution in [0.1, 0.15) is 153 Å². The summed E-state index contributed by atoms with van der Waals surface area (Å²) >= 11 is 7.53. The van der Waals surface area contributed by atoms with Gasteiger partial charge in [-0.1, -0.05) is 103 Å². The lowest BCUT2D eigenvalue weighted by molar-refractivity contribution is -0.114. The van der Waals surface area contributed by atoms with Crippen LogP contribution in [-0.4, -0.2) is 50.3 Å². The summed E-state index contributed by atoms with van der Waals surface area (Å²) in [4.78, 5) is 30.9. The van der Waals surface area contributed by atoms with E-state index in [0.29, 0.717) is 25.5 Å². The zero-order chi connectivity index (χ0) is 55.0. The Hall–Kier alpha value is -5.01. The van der Waals surface area contributed by atoms with Crippen LogP contribution < -0.4 is 4.90 Å². The first kappa shape index (κ1) is 59.1. The van der Waals surface area contributed by atoms with Gasteiger partial charge in [-0.05, 0) is 162 Å². The van der Waals surface area contributed by atoms with Crippen LogP contribution in [0.15, 0.2) is 96.8 Å². The molecule has 0 aliphatic carbocycles. The molecule has 0 saturated carbocycles. The topological polar surface area (TPSA) is 89.6 Å². The Morgan fingerprint density at radius 2 is 1.21 bits per heavy atom. The smallest absolute Gasteiger partial charge is 0.373 e. The van der Waals surface area contributed by atoms with Crippen LogP contribution in [0.3, 0.4) is 0 Å². The number of unbranched alkanes of at least 4 members (excludes halogenated alkanes) is 9. The molecule has 0 aliphatic rings. The molecule has 0 fully saturated rings. The molecule has 8 aromatic rings. The van der Waals surface area contributed by atoms with E-state index in [9.17, 15) is 10.1 Å². The summed E-state index contributed by atoms with van der Waals surface area (Å²) < 4.78 is 21.1. The lowest BCUT2D eigenvalue weighted by Crippen LogP contribution is -2.57. The molecular formula is C65H80N4O4S4Si. The first-order valence-electron chi connectivity index (χ1n) is 28.9. The van der Waals surface area contributed by atoms with Crippen molar-refractivity contribution in [3.05, 3.63) is 124 Å². The van der Waals surface area contributed by atoms with Gasteiger partial charge in [0.1, 0.15) is 11.6 Å². The summed E-state index contributed by atoms with van der Waals surface area (Å²) in [6.07, 6.45) is 22.5. The molecule has 6 heterocycles. The number of hydrogen-bond donors (Lipinski definition) is 0. The Balaban J connectivity index is 1.18. The first-order valence-corrected chi connectivity index (χ1v) is 34.1. The molecule has 0 N–H and O–H groups in total. The Morgan fingerprint density at radius 3 is 1.81 bits per heavy atom. The minimum atomic E-state index is -3.39. The van der Waals surface area contributed by atoms with E-state index >= 15 is 0 Å². The molecule has 0 saturated heterocycles. The highest BCUT2D eigenvalue weighted by molar-refractivity contribution is 7.29. The second kappa shape index (κ2) is 28.9. The first-order chi connectivity index (χ1) is 38.1. The molecule has 8 nitrogen and oxygen atoms in total. The number of fused-ring (bicyclic) bond motifs is 3. The Bertz CT molecular complexity index is 3280. The Morgan fingerprint density at radius 1 is 0.628 bits per heavy atom. The van der Waals surface area contributed by atoms with Gasteiger partial charge < -0.3 is 22.7 Å². The van der Waals surface area contributed by atoms with Gasteiger partial charge in [-0.3, -0.25) is 9.78 Å². The maximum absolute atomic E-state index is 14.8. The molecule has 0 spiro atoms. The minimum absolute atomic E-state index is 0.0428. The van der Waals surface area contributed by atoms with Crippen molar-refractivity contribution in [3.63, 3.8) is 0 Å². The monoisotopic (exact) mass is 1140 g/mol. The number of para-hydroxylation sites is 1. The molecular weight excluding hydrogens is 1060 g/mol. The molecule has 412 valence electrons. The number of nitrogens with zero attached hydrogens (tertiary/aromatic N) is 4. The standard InChI is InChI=1S/C65H80N4O4S4Si/c1-9-16-19-22-28-47-39-60(74-57(47)42-51(43-66)65(70)69(52-31-27-36-67-44-52)45-78(71-13-5,72-14-6)73-15-7)59-37-46(8)62(76-59)61-41-50(30-24-21-18-11-3)64(77-61)63-49(29-23-20-17-10-2)40-58(75-63)48-34-35-56-54(38-48)53-32-25-26-33-55(53)68(56)12-4/h25-27,31-42,44H,9-24,28-30,45H2,1-8H3/b51-42+. The van der Waals surface area contributed by atoms with Gasteiger partial charge in [0, 0.05) is 93.4 Å². The van der Waals surface area contributed by atoms with Crippen LogP contribution in [0.25, 0.3) is 67.6 Å². The summed E-state index contributed by atoms with van der Waals surface area (Å²) in [6.45, 7) is 19.1. The van der Waals surface area contributed by atoms with Crippen LogP contribution in [0, 0.1) is 18.3 Å². The predicted molar refractivity (Wildman–Crippen MR) is 337 cm³/mol. The number of nitriles is 1. The zero-order valence-electron chi connectivity index (χ0n) is 47.4. The molecule has 0 unspecified atom stereocenters. The SMILES string of the molecule is CCCCCCc1cc(-c2cc(C)c(-c3cc(CCCCCC)c(-c4sc(-c5ccc6c(c5)c5ccccc5n6CC)cc4CCCCCC)s3)s2)sc1/C=C(\C#N)C(=O)N(C[Si](OCC)(OCC)OCC)c1cccnc1. The molecule has 0 bridgehead atoms. The van der Waals surface area contributed by atoms with Gasteiger partial charge in [0.2, 0.25) is 0 Å². The van der Waals surface area contributed by atoms with E-state index in [1.807, 2.05) is 66.9 Å². The molecule has 78 heavy (non-hydrogen) atoms. The Labute approximate surface area is 482 Å². The average molecular weight is 1140 g/mol. The highest BCUT2D eigenvalue weighted by Gasteiger charge is 2.45. The number of pyridine rings is 1. The number of amides is 1. The summed E-state index contributed by atoms with van der Waals surface area (Å²) in [5.74, 6) is -0.440. The molecule has 6 aromatic heterocycles. The number of aromatic nitrogens is 2. The maximum Gasteiger partial charge on any atom is 0.521 e. The summed E-state index contributed by atoms with van der Waals surface area (Å²) in [6, 6.07) is 31.7. The van der Waals surface area contributed by atoms with Crippen molar-refractivity contribution in [1.82, 2.24) is 9.55 Å². The quantitative estimate of drug-likeness (QED) is 0.0186. The van der Waals surface area contributed by atoms with E-state index in [0.717, 1.165) is 60.4 Å². The number of anilines is 1. The van der Waals surface area contributed by atoms with E-state index in [4.69, 9.17) is 13.3 Å². The van der Waals surface area contributed by atoms with E-state index in [-0.39, 0.29) is 11.7 Å². The lowest BCUT2D eigenvalue weighted by Gasteiger charge is -2.33. The van der Waals surface area contributed by atoms with Gasteiger partial charge in [0.15, 0.2) is 0 Å². The highest BCUT2D eigenvalue weighted by Crippen LogP contribution is 2.50. The van der Waals surface area contributed by atoms with Crippen molar-refractivity contribution in [2.45, 2.75) is 158 Å². The van der Waals surface area contributed by atoms with E-state index in [1.165, 1.54) is 131 Å². The van der Waals surface area contributed by atoms with E-state index in [2.05, 4.69) is 117 Å². The number of rotatable bonds is 31. The predicted octanol–water partition coefficient (Wildman–Crippen LogP) is 19.3. The van der Waals surface area contributed by atoms with Crippen molar-refractivity contribution in [2.75, 3.05) is 30.9 Å². The van der Waals surface area contributed by atoms with Gasteiger partial charge in [0.25, 0.3) is 5.91 Å². The lowest BCUT2D eigenvalue weighted by atomic mass is 10.0. The number of carbonyl (C=O) groups excluding carboxylic acids is 1. The van der Waals surface area contributed by atoms with Gasteiger partial charge in [-0.2, -0.15) is 5.26 Å². The molecule has 2 aromatic carbocycles. The van der Waals surface area contributed by atoms with Crippen LogP contribution in [-0.2, 0) is 43.9 Å². The molecule has 13 heteroatoms. The number of aryl methyl sites for hydroxylation is 5. The molecule has 0 aliphatic heterocycles. The van der Waals surface area contributed by atoms with Crippen LogP contribution in [0.4, 0.5) is 5.69 Å². The fourth-order valence-corrected chi connectivity index (χ4v) is 18.4. The third kappa shape index (κ3) is 13.9. The fraction of sp³-hybridized carbons (Fsp3) is 0.431. The van der Waals surface area contributed by atoms with Crippen molar-refractivity contribution in [2.24, 2.45) is 0 Å². The second-order valence-electron chi connectivity index (χ2n) is 20.2. The van der Waals surface area contributed by atoms with Crippen molar-refractivity contribution in [1.29, 1.82) is 5.26 Å². The number of thiophene rings is 4. The molecule has 1 amide bonds. The van der Waals surface area contributed by atoms with Crippen LogP contribution >= 0.6 is 45.3 Å². The number of benzene rings is 2. The van der Waals surface area contributed by atoms with Gasteiger partial charge >= 0.3 is 8.80 Å². The van der Waals surface area contributed by atoms with E-state index < -0.39 is 14.7 Å². The second-order valence-corrected chi connectivity index (χ2v) is 27.0.